The molecule has 0 spiro atoms. The van der Waals surface area contributed by atoms with Gasteiger partial charge in [0, 0.05) is 4.88 Å². The number of aryl methyl sites for hydroxylation is 1. The quantitative estimate of drug-likeness (QED) is 0.601. The lowest BCUT2D eigenvalue weighted by Gasteiger charge is -2.06. The van der Waals surface area contributed by atoms with E-state index in [0.717, 1.165) is 21.3 Å². The van der Waals surface area contributed by atoms with Crippen molar-refractivity contribution in [2.75, 3.05) is 11.6 Å². The highest BCUT2D eigenvalue weighted by Gasteiger charge is 2.10. The minimum atomic E-state index is -0.415. The minimum Gasteiger partial charge on any atom is -0.350 e. The van der Waals surface area contributed by atoms with Gasteiger partial charge in [-0.2, -0.15) is 4.68 Å². The highest BCUT2D eigenvalue weighted by Crippen LogP contribution is 2.11. The van der Waals surface area contributed by atoms with Gasteiger partial charge in [-0.15, -0.1) is 21.5 Å². The van der Waals surface area contributed by atoms with Gasteiger partial charge in [0.15, 0.2) is 0 Å². The fourth-order valence-electron chi connectivity index (χ4n) is 1.35. The zero-order valence-electron chi connectivity index (χ0n) is 10.7. The first-order chi connectivity index (χ1) is 9.58. The predicted molar refractivity (Wildman–Crippen MR) is 78.1 cm³/mol. The Hall–Kier alpha value is -1.87. The molecule has 2 aromatic rings. The molecule has 0 aromatic carbocycles. The van der Waals surface area contributed by atoms with Crippen molar-refractivity contribution in [3.8, 4) is 0 Å². The Labute approximate surface area is 123 Å². The average molecular weight is 311 g/mol. The highest BCUT2D eigenvalue weighted by atomic mass is 32.2. The van der Waals surface area contributed by atoms with Crippen LogP contribution in [0.25, 0.3) is 0 Å². The van der Waals surface area contributed by atoms with Gasteiger partial charge in [0.2, 0.25) is 11.1 Å². The van der Waals surface area contributed by atoms with Crippen molar-refractivity contribution in [2.24, 2.45) is 0 Å². The summed E-state index contributed by atoms with van der Waals surface area (Å²) < 4.78 is 0.902. The Balaban J connectivity index is 1.87. The summed E-state index contributed by atoms with van der Waals surface area (Å²) in [7, 11) is 0. The molecule has 0 saturated heterocycles. The summed E-state index contributed by atoms with van der Waals surface area (Å²) >= 11 is 2.65. The summed E-state index contributed by atoms with van der Waals surface area (Å²) in [4.78, 5) is 24.3. The number of hydrogen-bond donors (Lipinski definition) is 2. The van der Waals surface area contributed by atoms with Gasteiger partial charge in [0.1, 0.15) is 5.69 Å². The van der Waals surface area contributed by atoms with Crippen LogP contribution in [-0.4, -0.2) is 26.5 Å². The minimum absolute atomic E-state index is 0.125. The molecule has 0 saturated carbocycles. The molecule has 0 aliphatic heterocycles. The molecule has 0 fully saturated rings. The molecule has 9 heteroatoms. The number of carbonyl (C=O) groups is 1. The maximum absolute atomic E-state index is 11.7. The molecule has 7 nitrogen and oxygen atoms in total. The van der Waals surface area contributed by atoms with Gasteiger partial charge >= 0.3 is 0 Å². The topological polar surface area (TPSA) is 103 Å². The Bertz CT molecular complexity index is 653. The second-order valence-electron chi connectivity index (χ2n) is 3.89. The summed E-state index contributed by atoms with van der Waals surface area (Å²) in [5.41, 5.74) is -0.194. The largest absolute Gasteiger partial charge is 0.350 e. The van der Waals surface area contributed by atoms with E-state index in [2.05, 4.69) is 15.5 Å². The van der Waals surface area contributed by atoms with Gasteiger partial charge in [-0.25, -0.2) is 0 Å². The molecule has 106 valence electrons. The zero-order chi connectivity index (χ0) is 14.5. The number of rotatable bonds is 5. The number of nitrogens with one attached hydrogen (secondary N) is 1. The predicted octanol–water partition coefficient (Wildman–Crippen LogP) is 0.131. The van der Waals surface area contributed by atoms with E-state index in [1.807, 2.05) is 17.5 Å². The SMILES string of the molecule is Cc1nnc(SCC(=O)NCc2cccs2)n(N)c1=O. The van der Waals surface area contributed by atoms with E-state index in [1.54, 1.807) is 11.3 Å². The second kappa shape index (κ2) is 6.53. The number of nitrogen functional groups attached to an aromatic ring is 1. The summed E-state index contributed by atoms with van der Waals surface area (Å²) in [6.07, 6.45) is 0. The van der Waals surface area contributed by atoms with Crippen molar-refractivity contribution < 1.29 is 4.79 Å². The van der Waals surface area contributed by atoms with E-state index >= 15 is 0 Å². The van der Waals surface area contributed by atoms with Crippen LogP contribution < -0.4 is 16.7 Å². The Morgan fingerprint density at radius 3 is 3.05 bits per heavy atom. The number of thioether (sulfide) groups is 1. The highest BCUT2D eigenvalue weighted by molar-refractivity contribution is 7.99. The molecule has 0 unspecified atom stereocenters. The number of nitrogens with zero attached hydrogens (tertiary/aromatic N) is 3. The van der Waals surface area contributed by atoms with Crippen LogP contribution in [0.3, 0.4) is 0 Å². The van der Waals surface area contributed by atoms with Crippen LogP contribution in [0.5, 0.6) is 0 Å². The van der Waals surface area contributed by atoms with Gasteiger partial charge in [-0.05, 0) is 18.4 Å². The third-order valence-corrected chi connectivity index (χ3v) is 4.21. The van der Waals surface area contributed by atoms with Crippen molar-refractivity contribution in [2.45, 2.75) is 18.6 Å². The van der Waals surface area contributed by atoms with Crippen LogP contribution in [0.15, 0.2) is 27.5 Å². The lowest BCUT2D eigenvalue weighted by atomic mass is 10.4. The first-order valence-electron chi connectivity index (χ1n) is 5.71. The van der Waals surface area contributed by atoms with Gasteiger partial charge < -0.3 is 11.2 Å². The summed E-state index contributed by atoms with van der Waals surface area (Å²) in [6.45, 7) is 2.02. The average Bonchev–Trinajstić information content (AvgIpc) is 2.95. The summed E-state index contributed by atoms with van der Waals surface area (Å²) in [6, 6.07) is 3.87. The Morgan fingerprint density at radius 2 is 2.35 bits per heavy atom. The molecule has 20 heavy (non-hydrogen) atoms. The van der Waals surface area contributed by atoms with E-state index in [9.17, 15) is 9.59 Å². The molecule has 1 amide bonds. The van der Waals surface area contributed by atoms with E-state index in [1.165, 1.54) is 6.92 Å². The fraction of sp³-hybridized carbons (Fsp3) is 0.273. The number of thiophene rings is 1. The zero-order valence-corrected chi connectivity index (χ0v) is 12.3. The molecule has 0 aliphatic rings. The lowest BCUT2D eigenvalue weighted by Crippen LogP contribution is -2.33. The molecular weight excluding hydrogens is 298 g/mol. The second-order valence-corrected chi connectivity index (χ2v) is 5.86. The van der Waals surface area contributed by atoms with Crippen LogP contribution in [0.4, 0.5) is 0 Å². The van der Waals surface area contributed by atoms with Crippen molar-refractivity contribution in [3.05, 3.63) is 38.4 Å². The summed E-state index contributed by atoms with van der Waals surface area (Å²) in [5, 5.41) is 12.4. The van der Waals surface area contributed by atoms with Crippen LogP contribution in [0.2, 0.25) is 0 Å². The monoisotopic (exact) mass is 311 g/mol. The van der Waals surface area contributed by atoms with Gasteiger partial charge in [-0.3, -0.25) is 9.59 Å². The number of carbonyl (C=O) groups excluding carboxylic acids is 1. The Morgan fingerprint density at radius 1 is 1.55 bits per heavy atom. The van der Waals surface area contributed by atoms with Crippen molar-refractivity contribution >= 4 is 29.0 Å². The van der Waals surface area contributed by atoms with Crippen molar-refractivity contribution in [3.63, 3.8) is 0 Å². The molecule has 2 heterocycles. The van der Waals surface area contributed by atoms with Crippen molar-refractivity contribution in [1.29, 1.82) is 0 Å². The van der Waals surface area contributed by atoms with E-state index in [0.29, 0.717) is 6.54 Å². The molecule has 3 N–H and O–H groups in total. The molecular formula is C11H13N5O2S2. The third-order valence-electron chi connectivity index (χ3n) is 2.39. The molecule has 2 rings (SSSR count). The van der Waals surface area contributed by atoms with Gasteiger partial charge in [0.05, 0.1) is 12.3 Å². The molecule has 0 aliphatic carbocycles. The van der Waals surface area contributed by atoms with Crippen LogP contribution >= 0.6 is 23.1 Å². The molecule has 0 radical (unpaired) electrons. The number of amides is 1. The van der Waals surface area contributed by atoms with E-state index < -0.39 is 5.56 Å². The lowest BCUT2D eigenvalue weighted by molar-refractivity contribution is -0.118. The molecule has 0 atom stereocenters. The smallest absolute Gasteiger partial charge is 0.294 e. The van der Waals surface area contributed by atoms with Crippen molar-refractivity contribution in [1.82, 2.24) is 20.2 Å². The van der Waals surface area contributed by atoms with E-state index in [-0.39, 0.29) is 22.5 Å². The van der Waals surface area contributed by atoms with Crippen LogP contribution in [-0.2, 0) is 11.3 Å². The third kappa shape index (κ3) is 3.58. The standard InChI is InChI=1S/C11H13N5O2S2/c1-7-10(18)16(12)11(15-14-7)20-6-9(17)13-5-8-3-2-4-19-8/h2-4H,5-6,12H2,1H3,(H,13,17). The van der Waals surface area contributed by atoms with Crippen LogP contribution in [0.1, 0.15) is 10.6 Å². The Kier molecular flexibility index (Phi) is 4.74. The number of hydrogen-bond acceptors (Lipinski definition) is 7. The molecule has 2 aromatic heterocycles. The number of nitrogens with two attached hydrogens (primary N) is 1. The van der Waals surface area contributed by atoms with E-state index in [4.69, 9.17) is 5.84 Å². The molecule has 0 bridgehead atoms. The van der Waals surface area contributed by atoms with Gasteiger partial charge in [-0.1, -0.05) is 17.8 Å². The first kappa shape index (κ1) is 14.5. The first-order valence-corrected chi connectivity index (χ1v) is 7.57. The summed E-state index contributed by atoms with van der Waals surface area (Å²) in [5.74, 6) is 5.54. The fourth-order valence-corrected chi connectivity index (χ4v) is 2.68. The normalized spacial score (nSPS) is 10.4. The maximum Gasteiger partial charge on any atom is 0.294 e. The van der Waals surface area contributed by atoms with Crippen LogP contribution in [0, 0.1) is 6.92 Å². The van der Waals surface area contributed by atoms with Gasteiger partial charge in [0.25, 0.3) is 5.56 Å². The maximum atomic E-state index is 11.7. The number of aromatic nitrogens is 3.